The number of nitrogens with one attached hydrogen (secondary N) is 2. The highest BCUT2D eigenvalue weighted by Gasteiger charge is 2.45. The second kappa shape index (κ2) is 10.6. The van der Waals surface area contributed by atoms with E-state index < -0.39 is 42.0 Å². The molecule has 0 aliphatic carbocycles. The average molecular weight is 436 g/mol. The molecule has 168 valence electrons. The number of hydrogen-bond acceptors (Lipinski definition) is 6. The minimum absolute atomic E-state index is 0.0147. The van der Waals surface area contributed by atoms with Gasteiger partial charge in [-0.1, -0.05) is 6.07 Å². The number of anilines is 1. The lowest BCUT2D eigenvalue weighted by Gasteiger charge is -2.30. The monoisotopic (exact) mass is 436 g/mol. The second-order valence-corrected chi connectivity index (χ2v) is 7.39. The zero-order chi connectivity index (χ0) is 22.4. The molecule has 4 N–H and O–H groups in total. The number of carbonyl (C=O) groups excluding carboxylic acids is 1. The number of halogens is 2. The van der Waals surface area contributed by atoms with Crippen LogP contribution >= 0.6 is 0 Å². The molecule has 1 aliphatic heterocycles. The largest absolute Gasteiger partial charge is 0.394 e. The number of pyridine rings is 1. The van der Waals surface area contributed by atoms with Gasteiger partial charge >= 0.3 is 6.03 Å². The highest BCUT2D eigenvalue weighted by Crippen LogP contribution is 2.25. The van der Waals surface area contributed by atoms with Crippen molar-refractivity contribution in [3.63, 3.8) is 0 Å². The fraction of sp³-hybridized carbons (Fsp3) is 0.429. The lowest BCUT2D eigenvalue weighted by atomic mass is 10.0. The van der Waals surface area contributed by atoms with Gasteiger partial charge < -0.3 is 25.6 Å². The Morgan fingerprint density at radius 2 is 2.06 bits per heavy atom. The summed E-state index contributed by atoms with van der Waals surface area (Å²) < 4.78 is 32.4. The summed E-state index contributed by atoms with van der Waals surface area (Å²) >= 11 is 0. The zero-order valence-corrected chi connectivity index (χ0v) is 17.0. The summed E-state index contributed by atoms with van der Waals surface area (Å²) in [6, 6.07) is 7.28. The van der Waals surface area contributed by atoms with E-state index in [1.807, 2.05) is 30.1 Å². The van der Waals surface area contributed by atoms with Gasteiger partial charge in [0.1, 0.15) is 23.8 Å². The Balaban J connectivity index is 1.58. The van der Waals surface area contributed by atoms with Crippen molar-refractivity contribution >= 4 is 11.7 Å². The molecule has 1 fully saturated rings. The lowest BCUT2D eigenvalue weighted by molar-refractivity contribution is -0.0205. The summed E-state index contributed by atoms with van der Waals surface area (Å²) in [4.78, 5) is 18.3. The van der Waals surface area contributed by atoms with Crippen LogP contribution in [0.2, 0.25) is 0 Å². The van der Waals surface area contributed by atoms with Crippen LogP contribution in [0.1, 0.15) is 5.69 Å². The van der Waals surface area contributed by atoms with Crippen molar-refractivity contribution in [3.05, 3.63) is 59.9 Å². The predicted octanol–water partition coefficient (Wildman–Crippen LogP) is 1.14. The van der Waals surface area contributed by atoms with Crippen LogP contribution in [0.5, 0.6) is 0 Å². The zero-order valence-electron chi connectivity index (χ0n) is 17.0. The molecule has 1 saturated heterocycles. The highest BCUT2D eigenvalue weighted by molar-refractivity contribution is 5.89. The molecule has 4 atom stereocenters. The minimum Gasteiger partial charge on any atom is -0.394 e. The molecule has 0 bridgehead atoms. The van der Waals surface area contributed by atoms with Gasteiger partial charge in [0, 0.05) is 37.5 Å². The smallest absolute Gasteiger partial charge is 0.319 e. The van der Waals surface area contributed by atoms with Crippen LogP contribution in [0.4, 0.5) is 19.3 Å². The maximum absolute atomic E-state index is 13.7. The molecule has 2 amide bonds. The summed E-state index contributed by atoms with van der Waals surface area (Å²) in [6.45, 7) is 0.222. The number of aliphatic hydroxyl groups excluding tert-OH is 2. The maximum atomic E-state index is 13.7. The number of nitrogens with zero attached hydrogens (tertiary/aromatic N) is 2. The van der Waals surface area contributed by atoms with Gasteiger partial charge in [-0.25, -0.2) is 13.6 Å². The van der Waals surface area contributed by atoms with Crippen LogP contribution in [0.25, 0.3) is 0 Å². The molecule has 1 aromatic carbocycles. The fourth-order valence-corrected chi connectivity index (χ4v) is 3.63. The van der Waals surface area contributed by atoms with Gasteiger partial charge in [0.05, 0.1) is 24.4 Å². The first-order chi connectivity index (χ1) is 14.9. The first-order valence-electron chi connectivity index (χ1n) is 9.93. The summed E-state index contributed by atoms with van der Waals surface area (Å²) in [5.41, 5.74) is 0.736. The molecule has 2 aromatic rings. The molecule has 0 unspecified atom stereocenters. The van der Waals surface area contributed by atoms with Crippen LogP contribution in [0.15, 0.2) is 42.6 Å². The number of amides is 2. The second-order valence-electron chi connectivity index (χ2n) is 7.39. The van der Waals surface area contributed by atoms with Gasteiger partial charge in [0.2, 0.25) is 0 Å². The normalized spacial score (nSPS) is 23.2. The van der Waals surface area contributed by atoms with E-state index in [9.17, 15) is 23.8 Å². The van der Waals surface area contributed by atoms with Crippen molar-refractivity contribution in [1.82, 2.24) is 15.2 Å². The number of hydrogen-bond donors (Lipinski definition) is 4. The molecule has 8 nitrogen and oxygen atoms in total. The summed E-state index contributed by atoms with van der Waals surface area (Å²) in [6.07, 6.45) is 0.00828. The molecule has 10 heteroatoms. The molecule has 1 aromatic heterocycles. The van der Waals surface area contributed by atoms with Gasteiger partial charge in [0.15, 0.2) is 0 Å². The van der Waals surface area contributed by atoms with E-state index in [-0.39, 0.29) is 18.8 Å². The predicted molar refractivity (Wildman–Crippen MR) is 109 cm³/mol. The van der Waals surface area contributed by atoms with E-state index in [2.05, 4.69) is 15.6 Å². The summed E-state index contributed by atoms with van der Waals surface area (Å²) in [7, 11) is 1.82. The topological polar surface area (TPSA) is 107 Å². The van der Waals surface area contributed by atoms with E-state index in [1.165, 1.54) is 0 Å². The van der Waals surface area contributed by atoms with Gasteiger partial charge in [-0.3, -0.25) is 9.88 Å². The Bertz CT molecular complexity index is 874. The third-order valence-corrected chi connectivity index (χ3v) is 5.24. The maximum Gasteiger partial charge on any atom is 0.319 e. The lowest BCUT2D eigenvalue weighted by Crippen LogP contribution is -2.50. The van der Waals surface area contributed by atoms with Crippen LogP contribution < -0.4 is 10.6 Å². The van der Waals surface area contributed by atoms with Gasteiger partial charge in [0.25, 0.3) is 0 Å². The molecule has 31 heavy (non-hydrogen) atoms. The summed E-state index contributed by atoms with van der Waals surface area (Å²) in [5.74, 6) is -1.64. The Kier molecular flexibility index (Phi) is 7.85. The Morgan fingerprint density at radius 3 is 2.74 bits per heavy atom. The molecule has 0 radical (unpaired) electrons. The van der Waals surface area contributed by atoms with E-state index >= 15 is 0 Å². The number of likely N-dealkylation sites (N-methyl/N-ethyl adjacent to an activating group) is 1. The van der Waals surface area contributed by atoms with Gasteiger partial charge in [-0.2, -0.15) is 0 Å². The third kappa shape index (κ3) is 5.95. The number of benzene rings is 1. The van der Waals surface area contributed by atoms with Crippen molar-refractivity contribution in [1.29, 1.82) is 0 Å². The first-order valence-corrected chi connectivity index (χ1v) is 9.93. The van der Waals surface area contributed by atoms with Crippen molar-refractivity contribution < 1.29 is 28.5 Å². The van der Waals surface area contributed by atoms with Gasteiger partial charge in [-0.05, 0) is 31.3 Å². The Labute approximate surface area is 178 Å². The van der Waals surface area contributed by atoms with Crippen LogP contribution in [0, 0.1) is 11.6 Å². The molecule has 1 aliphatic rings. The number of aromatic nitrogens is 1. The Morgan fingerprint density at radius 1 is 1.26 bits per heavy atom. The molecular weight excluding hydrogens is 410 g/mol. The Hall–Kier alpha value is -2.66. The van der Waals surface area contributed by atoms with E-state index in [0.29, 0.717) is 19.0 Å². The minimum atomic E-state index is -0.955. The average Bonchev–Trinajstić information content (AvgIpc) is 3.08. The SMILES string of the molecule is CN(CCc1ccccn1)[C@H]1[C@H](O)[C@H](CO)O[C@@H]1CNC(=O)Nc1ccc(F)cc1F. The number of carbonyl (C=O) groups is 1. The molecule has 0 saturated carbocycles. The van der Waals surface area contributed by atoms with E-state index in [0.717, 1.165) is 17.8 Å². The molecule has 3 rings (SSSR count). The van der Waals surface area contributed by atoms with Crippen LogP contribution in [-0.4, -0.2) is 77.2 Å². The number of ether oxygens (including phenoxy) is 1. The highest BCUT2D eigenvalue weighted by atomic mass is 19.1. The number of aliphatic hydroxyl groups is 2. The van der Waals surface area contributed by atoms with E-state index in [4.69, 9.17) is 4.74 Å². The van der Waals surface area contributed by atoms with Crippen LogP contribution in [-0.2, 0) is 11.2 Å². The third-order valence-electron chi connectivity index (χ3n) is 5.24. The van der Waals surface area contributed by atoms with Gasteiger partial charge in [-0.15, -0.1) is 0 Å². The molecule has 0 spiro atoms. The van der Waals surface area contributed by atoms with Crippen molar-refractivity contribution in [2.24, 2.45) is 0 Å². The number of rotatable bonds is 8. The standard InChI is InChI=1S/C21H26F2N4O4/c1-27(9-7-14-4-2-3-8-24-14)19-17(31-18(12-28)20(19)29)11-25-21(30)26-16-6-5-13(22)10-15(16)23/h2-6,8,10,17-20,28-29H,7,9,11-12H2,1H3,(H2,25,26,30)/t17-,18+,19-,20-/m1/s1. The first kappa shape index (κ1) is 23.0. The van der Waals surface area contributed by atoms with Crippen molar-refractivity contribution in [2.75, 3.05) is 32.1 Å². The fourth-order valence-electron chi connectivity index (χ4n) is 3.63. The summed E-state index contributed by atoms with van der Waals surface area (Å²) in [5, 5.41) is 25.0. The quantitative estimate of drug-likeness (QED) is 0.495. The number of urea groups is 1. The van der Waals surface area contributed by atoms with E-state index in [1.54, 1.807) is 6.20 Å². The molecular formula is C21H26F2N4O4. The molecule has 2 heterocycles. The van der Waals surface area contributed by atoms with Crippen molar-refractivity contribution in [2.45, 2.75) is 30.8 Å². The van der Waals surface area contributed by atoms with Crippen molar-refractivity contribution in [3.8, 4) is 0 Å². The van der Waals surface area contributed by atoms with Crippen LogP contribution in [0.3, 0.4) is 0 Å².